The van der Waals surface area contributed by atoms with Crippen LogP contribution in [0, 0.1) is 0 Å². The standard InChI is InChI=1S/C21H18ClN3O3/c1-3-9-25-20(12-5-4-6-14(10-12)28-2)17-18(23-24-19(17)21(25)27)15-11-13(22)7-8-16(15)26/h3-8,10-11,20,26H,1,9H2,2H3,(H,23,24). The minimum atomic E-state index is -0.400. The number of hydrogen-bond donors (Lipinski definition) is 2. The van der Waals surface area contributed by atoms with Crippen LogP contribution in [0.5, 0.6) is 11.5 Å². The summed E-state index contributed by atoms with van der Waals surface area (Å²) < 4.78 is 5.35. The quantitative estimate of drug-likeness (QED) is 0.635. The van der Waals surface area contributed by atoms with Gasteiger partial charge in [-0.1, -0.05) is 29.8 Å². The molecule has 4 rings (SSSR count). The summed E-state index contributed by atoms with van der Waals surface area (Å²) >= 11 is 6.13. The molecule has 142 valence electrons. The Kier molecular flexibility index (Phi) is 4.57. The Bertz CT molecular complexity index is 1080. The van der Waals surface area contributed by atoms with Crippen molar-refractivity contribution in [2.75, 3.05) is 13.7 Å². The number of aromatic hydroxyl groups is 1. The summed E-state index contributed by atoms with van der Waals surface area (Å²) in [6.45, 7) is 4.14. The van der Waals surface area contributed by atoms with Gasteiger partial charge in [0.05, 0.1) is 13.2 Å². The Balaban J connectivity index is 1.94. The van der Waals surface area contributed by atoms with Crippen LogP contribution in [0.1, 0.15) is 27.7 Å². The molecule has 0 aliphatic carbocycles. The Hall–Kier alpha value is -3.25. The molecule has 0 radical (unpaired) electrons. The lowest BCUT2D eigenvalue weighted by Gasteiger charge is -2.25. The number of fused-ring (bicyclic) bond motifs is 1. The van der Waals surface area contributed by atoms with E-state index in [0.717, 1.165) is 5.56 Å². The van der Waals surface area contributed by atoms with Crippen molar-refractivity contribution in [1.82, 2.24) is 15.1 Å². The topological polar surface area (TPSA) is 78.5 Å². The molecule has 0 saturated carbocycles. The number of rotatable bonds is 5. The molecular weight excluding hydrogens is 378 g/mol. The lowest BCUT2D eigenvalue weighted by atomic mass is 9.95. The highest BCUT2D eigenvalue weighted by Crippen LogP contribution is 2.45. The average Bonchev–Trinajstić information content (AvgIpc) is 3.24. The van der Waals surface area contributed by atoms with E-state index in [2.05, 4.69) is 16.8 Å². The number of amides is 1. The van der Waals surface area contributed by atoms with Gasteiger partial charge in [0.25, 0.3) is 5.91 Å². The Morgan fingerprint density at radius 1 is 1.36 bits per heavy atom. The monoisotopic (exact) mass is 395 g/mol. The number of aromatic nitrogens is 2. The summed E-state index contributed by atoms with van der Waals surface area (Å²) in [4.78, 5) is 14.7. The molecule has 28 heavy (non-hydrogen) atoms. The van der Waals surface area contributed by atoms with Crippen molar-refractivity contribution in [3.05, 3.63) is 77.0 Å². The zero-order valence-corrected chi connectivity index (χ0v) is 15.9. The fourth-order valence-electron chi connectivity index (χ4n) is 3.59. The minimum absolute atomic E-state index is 0.0395. The number of benzene rings is 2. The zero-order chi connectivity index (χ0) is 19.8. The van der Waals surface area contributed by atoms with Crippen molar-refractivity contribution in [2.24, 2.45) is 0 Å². The van der Waals surface area contributed by atoms with Crippen molar-refractivity contribution in [3.8, 4) is 22.8 Å². The molecular formula is C21H18ClN3O3. The molecule has 2 heterocycles. The third kappa shape index (κ3) is 2.82. The van der Waals surface area contributed by atoms with Crippen LogP contribution >= 0.6 is 11.6 Å². The van der Waals surface area contributed by atoms with Gasteiger partial charge in [-0.25, -0.2) is 0 Å². The molecule has 6 nitrogen and oxygen atoms in total. The molecule has 0 bridgehead atoms. The molecule has 7 heteroatoms. The zero-order valence-electron chi connectivity index (χ0n) is 15.1. The van der Waals surface area contributed by atoms with Crippen molar-refractivity contribution < 1.29 is 14.6 Å². The number of nitrogens with zero attached hydrogens (tertiary/aromatic N) is 2. The van der Waals surface area contributed by atoms with E-state index in [-0.39, 0.29) is 11.7 Å². The van der Waals surface area contributed by atoms with Crippen LogP contribution in [0.25, 0.3) is 11.3 Å². The molecule has 1 aliphatic heterocycles. The molecule has 1 aliphatic rings. The molecule has 2 N–H and O–H groups in total. The molecule has 1 amide bonds. The number of phenolic OH excluding ortho intramolecular Hbond substituents is 1. The van der Waals surface area contributed by atoms with Gasteiger partial charge >= 0.3 is 0 Å². The van der Waals surface area contributed by atoms with E-state index in [0.29, 0.717) is 39.8 Å². The minimum Gasteiger partial charge on any atom is -0.507 e. The maximum atomic E-state index is 13.0. The Morgan fingerprint density at radius 3 is 2.93 bits per heavy atom. The summed E-state index contributed by atoms with van der Waals surface area (Å²) in [7, 11) is 1.60. The van der Waals surface area contributed by atoms with Crippen molar-refractivity contribution >= 4 is 17.5 Å². The van der Waals surface area contributed by atoms with E-state index in [4.69, 9.17) is 16.3 Å². The lowest BCUT2D eigenvalue weighted by Crippen LogP contribution is -2.29. The van der Waals surface area contributed by atoms with Crippen LogP contribution in [0.3, 0.4) is 0 Å². The Morgan fingerprint density at radius 2 is 2.18 bits per heavy atom. The molecule has 3 aromatic rings. The molecule has 0 saturated heterocycles. The maximum Gasteiger partial charge on any atom is 0.273 e. The molecule has 2 aromatic carbocycles. The number of H-pyrrole nitrogens is 1. The SMILES string of the molecule is C=CCN1C(=O)c2[nH]nc(-c3cc(Cl)ccc3O)c2C1c1cccc(OC)c1. The second-order valence-electron chi connectivity index (χ2n) is 6.45. The van der Waals surface area contributed by atoms with E-state index in [1.165, 1.54) is 6.07 Å². The van der Waals surface area contributed by atoms with Crippen LogP contribution in [0.4, 0.5) is 0 Å². The number of hydrogen-bond acceptors (Lipinski definition) is 4. The van der Waals surface area contributed by atoms with Crippen molar-refractivity contribution in [2.45, 2.75) is 6.04 Å². The van der Waals surface area contributed by atoms with Crippen LogP contribution in [0.15, 0.2) is 55.1 Å². The third-order valence-corrected chi connectivity index (χ3v) is 5.05. The summed E-state index contributed by atoms with van der Waals surface area (Å²) in [5, 5.41) is 18.0. The summed E-state index contributed by atoms with van der Waals surface area (Å²) in [5.74, 6) is 0.549. The van der Waals surface area contributed by atoms with E-state index >= 15 is 0 Å². The van der Waals surface area contributed by atoms with Gasteiger partial charge in [0, 0.05) is 22.7 Å². The second-order valence-corrected chi connectivity index (χ2v) is 6.88. The van der Waals surface area contributed by atoms with Crippen LogP contribution in [0.2, 0.25) is 5.02 Å². The Labute approximate surface area is 167 Å². The van der Waals surface area contributed by atoms with E-state index in [1.54, 1.807) is 30.2 Å². The third-order valence-electron chi connectivity index (χ3n) is 4.81. The first-order chi connectivity index (χ1) is 13.5. The number of halogens is 1. The highest BCUT2D eigenvalue weighted by molar-refractivity contribution is 6.31. The average molecular weight is 396 g/mol. The predicted molar refractivity (Wildman–Crippen MR) is 107 cm³/mol. The van der Waals surface area contributed by atoms with Crippen molar-refractivity contribution in [1.29, 1.82) is 0 Å². The summed E-state index contributed by atoms with van der Waals surface area (Å²) in [5.41, 5.74) is 2.91. The lowest BCUT2D eigenvalue weighted by molar-refractivity contribution is 0.0764. The second kappa shape index (κ2) is 7.05. The van der Waals surface area contributed by atoms with Gasteiger partial charge in [0.15, 0.2) is 0 Å². The van der Waals surface area contributed by atoms with Gasteiger partial charge in [-0.15, -0.1) is 6.58 Å². The molecule has 0 spiro atoms. The first-order valence-corrected chi connectivity index (χ1v) is 9.06. The van der Waals surface area contributed by atoms with E-state index in [9.17, 15) is 9.90 Å². The molecule has 1 aromatic heterocycles. The summed E-state index contributed by atoms with van der Waals surface area (Å²) in [6.07, 6.45) is 1.68. The first-order valence-electron chi connectivity index (χ1n) is 8.68. The van der Waals surface area contributed by atoms with Crippen LogP contribution < -0.4 is 4.74 Å². The summed E-state index contributed by atoms with van der Waals surface area (Å²) in [6, 6.07) is 11.9. The number of methoxy groups -OCH3 is 1. The normalized spacial score (nSPS) is 15.6. The molecule has 1 unspecified atom stereocenters. The largest absolute Gasteiger partial charge is 0.507 e. The van der Waals surface area contributed by atoms with E-state index in [1.807, 2.05) is 24.3 Å². The van der Waals surface area contributed by atoms with Gasteiger partial charge in [0.1, 0.15) is 22.9 Å². The molecule has 1 atom stereocenters. The van der Waals surface area contributed by atoms with Crippen LogP contribution in [-0.2, 0) is 0 Å². The predicted octanol–water partition coefficient (Wildman–Crippen LogP) is 4.18. The highest BCUT2D eigenvalue weighted by atomic mass is 35.5. The number of carbonyl (C=O) groups excluding carboxylic acids is 1. The van der Waals surface area contributed by atoms with Crippen LogP contribution in [-0.4, -0.2) is 39.8 Å². The van der Waals surface area contributed by atoms with Crippen molar-refractivity contribution in [3.63, 3.8) is 0 Å². The fraction of sp³-hybridized carbons (Fsp3) is 0.143. The van der Waals surface area contributed by atoms with Gasteiger partial charge in [-0.3, -0.25) is 9.89 Å². The maximum absolute atomic E-state index is 13.0. The van der Waals surface area contributed by atoms with Gasteiger partial charge in [0.2, 0.25) is 0 Å². The number of nitrogens with one attached hydrogen (secondary N) is 1. The van der Waals surface area contributed by atoms with Gasteiger partial charge < -0.3 is 14.7 Å². The van der Waals surface area contributed by atoms with Gasteiger partial charge in [-0.2, -0.15) is 5.10 Å². The first kappa shape index (κ1) is 18.1. The number of ether oxygens (including phenoxy) is 1. The number of aromatic amines is 1. The highest BCUT2D eigenvalue weighted by Gasteiger charge is 2.42. The number of phenols is 1. The van der Waals surface area contributed by atoms with Gasteiger partial charge in [-0.05, 0) is 35.9 Å². The fourth-order valence-corrected chi connectivity index (χ4v) is 3.76. The van der Waals surface area contributed by atoms with E-state index < -0.39 is 6.04 Å². The number of carbonyl (C=O) groups is 1. The smallest absolute Gasteiger partial charge is 0.273 e. The molecule has 0 fully saturated rings.